The van der Waals surface area contributed by atoms with E-state index in [1.54, 1.807) is 0 Å². The minimum Gasteiger partial charge on any atom is -0.478 e. The number of aromatic carboxylic acids is 1. The Morgan fingerprint density at radius 3 is 2.68 bits per heavy atom. The van der Waals surface area contributed by atoms with E-state index in [1.807, 2.05) is 0 Å². The Kier molecular flexibility index (Phi) is 5.59. The van der Waals surface area contributed by atoms with Gasteiger partial charge in [0.05, 0.1) is 11.7 Å². The number of azide groups is 1. The summed E-state index contributed by atoms with van der Waals surface area (Å²) >= 11 is 5.86. The van der Waals surface area contributed by atoms with Gasteiger partial charge < -0.3 is 15.3 Å². The van der Waals surface area contributed by atoms with Gasteiger partial charge in [0.1, 0.15) is 6.10 Å². The van der Waals surface area contributed by atoms with Crippen molar-refractivity contribution in [1.29, 1.82) is 0 Å². The fraction of sp³-hybridized carbons (Fsp3) is 0.364. The quantitative estimate of drug-likeness (QED) is 0.420. The maximum absolute atomic E-state index is 10.7. The Balaban J connectivity index is 2.84. The van der Waals surface area contributed by atoms with Crippen molar-refractivity contribution in [3.8, 4) is 0 Å². The summed E-state index contributed by atoms with van der Waals surface area (Å²) in [5.74, 6) is -1.13. The molecule has 0 spiro atoms. The molecule has 1 rings (SSSR count). The molecule has 0 amide bonds. The molecule has 19 heavy (non-hydrogen) atoms. The maximum Gasteiger partial charge on any atom is 0.335 e. The molecule has 0 aliphatic carbocycles. The number of hydrogen-bond acceptors (Lipinski definition) is 4. The minimum atomic E-state index is -1.27. The number of carboxylic acid groups (broad SMARTS) is 1. The van der Waals surface area contributed by atoms with E-state index >= 15 is 0 Å². The first-order valence-electron chi connectivity index (χ1n) is 5.37. The zero-order chi connectivity index (χ0) is 14.4. The zero-order valence-corrected chi connectivity index (χ0v) is 10.5. The monoisotopic (exact) mass is 285 g/mol. The van der Waals surface area contributed by atoms with Gasteiger partial charge in [0.25, 0.3) is 0 Å². The molecular weight excluding hydrogens is 274 g/mol. The van der Waals surface area contributed by atoms with E-state index < -0.39 is 18.2 Å². The number of carboxylic acids is 1. The van der Waals surface area contributed by atoms with Crippen molar-refractivity contribution in [2.45, 2.75) is 18.6 Å². The normalized spacial score (nSPS) is 13.4. The number of benzene rings is 1. The highest BCUT2D eigenvalue weighted by Gasteiger charge is 2.21. The minimum absolute atomic E-state index is 0.00970. The van der Waals surface area contributed by atoms with Crippen molar-refractivity contribution >= 4 is 17.6 Å². The fourth-order valence-corrected chi connectivity index (χ4v) is 1.79. The van der Waals surface area contributed by atoms with Crippen LogP contribution in [0.2, 0.25) is 5.02 Å². The van der Waals surface area contributed by atoms with Crippen molar-refractivity contribution in [2.24, 2.45) is 5.11 Å². The van der Waals surface area contributed by atoms with Gasteiger partial charge in [-0.05, 0) is 24.1 Å². The molecule has 8 heteroatoms. The molecule has 0 aromatic heterocycles. The van der Waals surface area contributed by atoms with Gasteiger partial charge in [-0.25, -0.2) is 4.79 Å². The molecule has 0 radical (unpaired) electrons. The van der Waals surface area contributed by atoms with E-state index in [4.69, 9.17) is 22.2 Å². The van der Waals surface area contributed by atoms with Crippen LogP contribution in [0.5, 0.6) is 0 Å². The molecule has 0 aliphatic heterocycles. The molecule has 102 valence electrons. The van der Waals surface area contributed by atoms with Crippen LogP contribution in [-0.2, 0) is 0 Å². The van der Waals surface area contributed by atoms with E-state index in [0.29, 0.717) is 0 Å². The molecule has 0 heterocycles. The second kappa shape index (κ2) is 6.96. The average Bonchev–Trinajstić information content (AvgIpc) is 2.37. The summed E-state index contributed by atoms with van der Waals surface area (Å²) in [4.78, 5) is 13.3. The highest BCUT2D eigenvalue weighted by molar-refractivity contribution is 6.31. The summed E-state index contributed by atoms with van der Waals surface area (Å²) in [5.41, 5.74) is 8.31. The number of hydrogen-bond donors (Lipinski definition) is 3. The van der Waals surface area contributed by atoms with Crippen LogP contribution < -0.4 is 0 Å². The third-order valence-electron chi connectivity index (χ3n) is 2.52. The van der Waals surface area contributed by atoms with E-state index in [9.17, 15) is 15.0 Å². The van der Waals surface area contributed by atoms with Crippen molar-refractivity contribution in [3.63, 3.8) is 0 Å². The van der Waals surface area contributed by atoms with Crippen molar-refractivity contribution in [3.05, 3.63) is 44.8 Å². The number of halogens is 1. The third-order valence-corrected chi connectivity index (χ3v) is 2.85. The first-order valence-corrected chi connectivity index (χ1v) is 5.75. The summed E-state index contributed by atoms with van der Waals surface area (Å²) in [6, 6.07) is 3.82. The molecule has 7 nitrogen and oxygen atoms in total. The summed E-state index contributed by atoms with van der Waals surface area (Å²) in [5, 5.41) is 31.6. The number of aliphatic hydroxyl groups is 2. The van der Waals surface area contributed by atoms with Crippen molar-refractivity contribution < 1.29 is 20.1 Å². The lowest BCUT2D eigenvalue weighted by molar-refractivity contribution is 0.0151. The number of aliphatic hydroxyl groups excluding tert-OH is 2. The molecule has 0 bridgehead atoms. The van der Waals surface area contributed by atoms with Crippen LogP contribution >= 0.6 is 11.6 Å². The largest absolute Gasteiger partial charge is 0.478 e. The van der Waals surface area contributed by atoms with Gasteiger partial charge in [0.2, 0.25) is 0 Å². The first kappa shape index (κ1) is 15.3. The zero-order valence-electron chi connectivity index (χ0n) is 9.77. The van der Waals surface area contributed by atoms with Gasteiger partial charge >= 0.3 is 5.97 Å². The lowest BCUT2D eigenvalue weighted by Crippen LogP contribution is -2.19. The first-order chi connectivity index (χ1) is 8.97. The maximum atomic E-state index is 10.7. The average molecular weight is 286 g/mol. The molecule has 0 saturated carbocycles. The van der Waals surface area contributed by atoms with Gasteiger partial charge in [0.15, 0.2) is 0 Å². The Bertz CT molecular complexity index is 517. The third kappa shape index (κ3) is 4.11. The summed E-state index contributed by atoms with van der Waals surface area (Å²) in [6.07, 6.45) is -2.36. The Hall–Kier alpha value is -1.79. The number of rotatable bonds is 6. The summed E-state index contributed by atoms with van der Waals surface area (Å²) < 4.78 is 0. The topological polar surface area (TPSA) is 127 Å². The van der Waals surface area contributed by atoms with E-state index in [-0.39, 0.29) is 29.1 Å². The lowest BCUT2D eigenvalue weighted by Gasteiger charge is -2.18. The SMILES string of the molecule is [N-]=[N+]=NCCC(O)C(O)c1ccc(C(=O)O)cc1Cl. The molecular formula is C11H12ClN3O4. The van der Waals surface area contributed by atoms with Crippen LogP contribution in [0.4, 0.5) is 0 Å². The highest BCUT2D eigenvalue weighted by atomic mass is 35.5. The van der Waals surface area contributed by atoms with Crippen LogP contribution in [0, 0.1) is 0 Å². The van der Waals surface area contributed by atoms with Crippen LogP contribution in [0.15, 0.2) is 23.3 Å². The van der Waals surface area contributed by atoms with Crippen molar-refractivity contribution in [2.75, 3.05) is 6.54 Å². The number of carbonyl (C=O) groups is 1. The predicted molar refractivity (Wildman–Crippen MR) is 68.0 cm³/mol. The molecule has 2 atom stereocenters. The van der Waals surface area contributed by atoms with E-state index in [0.717, 1.165) is 0 Å². The van der Waals surface area contributed by atoms with Crippen LogP contribution in [-0.4, -0.2) is 33.9 Å². The van der Waals surface area contributed by atoms with Gasteiger partial charge in [-0.15, -0.1) is 0 Å². The second-order valence-corrected chi connectivity index (χ2v) is 4.20. The molecule has 1 aromatic carbocycles. The van der Waals surface area contributed by atoms with Crippen LogP contribution in [0.25, 0.3) is 10.4 Å². The fourth-order valence-electron chi connectivity index (χ4n) is 1.50. The highest BCUT2D eigenvalue weighted by Crippen LogP contribution is 2.27. The standard InChI is InChI=1S/C11H12ClN3O4/c12-8-5-6(11(18)19)1-2-7(8)10(17)9(16)3-4-14-15-13/h1-2,5,9-10,16-17H,3-4H2,(H,18,19). The number of nitrogens with zero attached hydrogens (tertiary/aromatic N) is 3. The van der Waals surface area contributed by atoms with Gasteiger partial charge in [0, 0.05) is 22.0 Å². The predicted octanol–water partition coefficient (Wildman–Crippen LogP) is 2.13. The Morgan fingerprint density at radius 2 is 2.16 bits per heavy atom. The molecule has 2 unspecified atom stereocenters. The lowest BCUT2D eigenvalue weighted by atomic mass is 10.0. The summed E-state index contributed by atoms with van der Waals surface area (Å²) in [6.45, 7) is 0.0412. The van der Waals surface area contributed by atoms with Crippen LogP contribution in [0.3, 0.4) is 0 Å². The molecule has 3 N–H and O–H groups in total. The molecule has 0 saturated heterocycles. The van der Waals surface area contributed by atoms with Gasteiger partial charge in [-0.1, -0.05) is 22.8 Å². The van der Waals surface area contributed by atoms with E-state index in [1.165, 1.54) is 18.2 Å². The molecule has 0 aliphatic rings. The second-order valence-electron chi connectivity index (χ2n) is 3.80. The van der Waals surface area contributed by atoms with E-state index in [2.05, 4.69) is 10.0 Å². The molecule has 0 fully saturated rings. The smallest absolute Gasteiger partial charge is 0.335 e. The summed E-state index contributed by atoms with van der Waals surface area (Å²) in [7, 11) is 0. The van der Waals surface area contributed by atoms with Crippen molar-refractivity contribution in [1.82, 2.24) is 0 Å². The Morgan fingerprint density at radius 1 is 1.47 bits per heavy atom. The Labute approximate surface area is 113 Å². The van der Waals surface area contributed by atoms with Gasteiger partial charge in [-0.3, -0.25) is 0 Å². The van der Waals surface area contributed by atoms with Gasteiger partial charge in [-0.2, -0.15) is 0 Å². The van der Waals surface area contributed by atoms with Crippen LogP contribution in [0.1, 0.15) is 28.4 Å². The molecule has 1 aromatic rings.